The molecule has 4 unspecified atom stereocenters. The Balaban J connectivity index is 1.42. The maximum atomic E-state index is 13.2. The van der Waals surface area contributed by atoms with E-state index >= 15 is 0 Å². The number of benzene rings is 2. The Hall–Kier alpha value is -3.21. The number of ether oxygens (including phenoxy) is 6. The second-order valence-electron chi connectivity index (χ2n) is 9.79. The molecule has 37 heavy (non-hydrogen) atoms. The molecule has 10 nitrogen and oxygen atoms in total. The van der Waals surface area contributed by atoms with Gasteiger partial charge in [-0.3, -0.25) is 9.69 Å². The zero-order chi connectivity index (χ0) is 25.5. The number of carbonyl (C=O) groups excluding carboxylic acids is 1. The summed E-state index contributed by atoms with van der Waals surface area (Å²) in [5, 5.41) is 14.3. The Morgan fingerprint density at radius 1 is 1.00 bits per heavy atom. The highest BCUT2D eigenvalue weighted by atomic mass is 16.7. The molecule has 0 bridgehead atoms. The molecule has 3 aliphatic heterocycles. The van der Waals surface area contributed by atoms with Crippen molar-refractivity contribution in [3.63, 3.8) is 0 Å². The van der Waals surface area contributed by atoms with Crippen LogP contribution >= 0.6 is 0 Å². The molecule has 2 aromatic rings. The summed E-state index contributed by atoms with van der Waals surface area (Å²) in [5.41, 5.74) is 2.82. The molecule has 2 fully saturated rings. The number of hydrogen-bond acceptors (Lipinski definition) is 10. The first-order valence-corrected chi connectivity index (χ1v) is 12.7. The van der Waals surface area contributed by atoms with Crippen molar-refractivity contribution in [2.75, 3.05) is 67.0 Å². The van der Waals surface area contributed by atoms with Crippen LogP contribution in [0.2, 0.25) is 0 Å². The van der Waals surface area contributed by atoms with E-state index in [1.54, 1.807) is 12.1 Å². The van der Waals surface area contributed by atoms with Gasteiger partial charge in [-0.2, -0.15) is 0 Å². The van der Waals surface area contributed by atoms with Crippen LogP contribution in [0.25, 0.3) is 0 Å². The van der Waals surface area contributed by atoms with Gasteiger partial charge in [0.15, 0.2) is 23.0 Å². The van der Waals surface area contributed by atoms with E-state index in [1.165, 1.54) is 14.2 Å². The van der Waals surface area contributed by atoms with Crippen LogP contribution in [0.15, 0.2) is 24.3 Å². The normalized spacial score (nSPS) is 26.4. The molecular weight excluding hydrogens is 480 g/mol. The van der Waals surface area contributed by atoms with Crippen LogP contribution in [0.3, 0.4) is 0 Å². The van der Waals surface area contributed by atoms with Crippen molar-refractivity contribution < 1.29 is 38.3 Å². The van der Waals surface area contributed by atoms with Gasteiger partial charge in [0.25, 0.3) is 0 Å². The van der Waals surface area contributed by atoms with Crippen LogP contribution in [-0.2, 0) is 14.3 Å². The van der Waals surface area contributed by atoms with Gasteiger partial charge in [0.1, 0.15) is 0 Å². The summed E-state index contributed by atoms with van der Waals surface area (Å²) in [6.45, 7) is 5.49. The maximum absolute atomic E-state index is 13.2. The summed E-state index contributed by atoms with van der Waals surface area (Å²) in [6.07, 6.45) is 0. The van der Waals surface area contributed by atoms with E-state index in [1.807, 2.05) is 12.1 Å². The number of cyclic esters (lactones) is 1. The zero-order valence-corrected chi connectivity index (χ0v) is 21.0. The van der Waals surface area contributed by atoms with Crippen LogP contribution in [0.4, 0.5) is 0 Å². The number of phenols is 1. The summed E-state index contributed by atoms with van der Waals surface area (Å²) in [4.78, 5) is 15.6. The number of nitrogens with zero attached hydrogens (tertiary/aromatic N) is 1. The smallest absolute Gasteiger partial charge is 0.310 e. The predicted molar refractivity (Wildman–Crippen MR) is 132 cm³/mol. The van der Waals surface area contributed by atoms with Gasteiger partial charge in [0.2, 0.25) is 12.5 Å². The second-order valence-corrected chi connectivity index (χ2v) is 9.79. The minimum atomic E-state index is -0.423. The van der Waals surface area contributed by atoms with Crippen molar-refractivity contribution in [2.24, 2.45) is 11.8 Å². The van der Waals surface area contributed by atoms with Crippen LogP contribution in [-0.4, -0.2) is 83.0 Å². The first-order valence-electron chi connectivity index (χ1n) is 12.7. The van der Waals surface area contributed by atoms with Crippen molar-refractivity contribution in [2.45, 2.75) is 12.0 Å². The number of rotatable bonds is 7. The standard InChI is InChI=1S/C27H32N2O8/c1-32-21-9-15(10-22(33-2)26(21)30)23-16-11-19-20(37-14-36-19)12-17(16)25(18-13-35-27(31)24(18)23)28-3-4-29-5-7-34-8-6-29/h9-12,18,23-25,28,30H,3-8,13-14H2,1-2H3. The topological polar surface area (TPSA) is 108 Å². The number of phenolic OH excluding ortho intramolecular Hbond substituents is 1. The molecule has 10 heteroatoms. The molecule has 4 atom stereocenters. The Labute approximate surface area is 215 Å². The van der Waals surface area contributed by atoms with E-state index in [9.17, 15) is 9.90 Å². The fourth-order valence-corrected chi connectivity index (χ4v) is 6.12. The molecule has 198 valence electrons. The van der Waals surface area contributed by atoms with Crippen molar-refractivity contribution in [3.8, 4) is 28.7 Å². The average molecular weight is 513 g/mol. The average Bonchev–Trinajstić information content (AvgIpc) is 3.54. The monoisotopic (exact) mass is 512 g/mol. The number of fused-ring (bicyclic) bond motifs is 3. The number of hydrogen-bond donors (Lipinski definition) is 2. The van der Waals surface area contributed by atoms with Crippen LogP contribution in [0.1, 0.15) is 28.7 Å². The second kappa shape index (κ2) is 9.92. The van der Waals surface area contributed by atoms with Gasteiger partial charge in [0.05, 0.1) is 40.0 Å². The molecular formula is C27H32N2O8. The molecule has 0 radical (unpaired) electrons. The molecule has 0 amide bonds. The van der Waals surface area contributed by atoms with E-state index < -0.39 is 5.92 Å². The molecule has 0 aromatic heterocycles. The SMILES string of the molecule is COc1cc(C2c3cc4c(cc3C(NCCN3CCOCC3)C3COC(=O)C23)OCO4)cc(OC)c1O. The van der Waals surface area contributed by atoms with E-state index in [0.29, 0.717) is 18.1 Å². The van der Waals surface area contributed by atoms with Gasteiger partial charge in [-0.25, -0.2) is 0 Å². The van der Waals surface area contributed by atoms with Gasteiger partial charge in [0, 0.05) is 44.1 Å². The van der Waals surface area contributed by atoms with Crippen LogP contribution < -0.4 is 24.3 Å². The zero-order valence-electron chi connectivity index (χ0n) is 21.0. The lowest BCUT2D eigenvalue weighted by molar-refractivity contribution is -0.141. The van der Waals surface area contributed by atoms with Crippen molar-refractivity contribution in [1.29, 1.82) is 0 Å². The minimum absolute atomic E-state index is 0.0799. The molecule has 4 aliphatic rings. The van der Waals surface area contributed by atoms with Gasteiger partial charge >= 0.3 is 5.97 Å². The summed E-state index contributed by atoms with van der Waals surface area (Å²) < 4.78 is 33.5. The number of aromatic hydroxyl groups is 1. The lowest BCUT2D eigenvalue weighted by Gasteiger charge is -2.40. The highest BCUT2D eigenvalue weighted by Gasteiger charge is 2.52. The van der Waals surface area contributed by atoms with Crippen molar-refractivity contribution >= 4 is 5.97 Å². The van der Waals surface area contributed by atoms with E-state index in [4.69, 9.17) is 28.4 Å². The third kappa shape index (κ3) is 4.22. The predicted octanol–water partition coefficient (Wildman–Crippen LogP) is 2.04. The Bertz CT molecular complexity index is 1160. The fourth-order valence-electron chi connectivity index (χ4n) is 6.12. The Morgan fingerprint density at radius 2 is 1.68 bits per heavy atom. The van der Waals surface area contributed by atoms with E-state index in [-0.39, 0.29) is 47.9 Å². The largest absolute Gasteiger partial charge is 0.502 e. The Morgan fingerprint density at radius 3 is 2.35 bits per heavy atom. The lowest BCUT2D eigenvalue weighted by Crippen LogP contribution is -2.44. The molecule has 2 saturated heterocycles. The van der Waals surface area contributed by atoms with E-state index in [0.717, 1.165) is 56.1 Å². The fraction of sp³-hybridized carbons (Fsp3) is 0.519. The highest BCUT2D eigenvalue weighted by Crippen LogP contribution is 2.55. The Kier molecular flexibility index (Phi) is 6.48. The van der Waals surface area contributed by atoms with Gasteiger partial charge in [-0.15, -0.1) is 0 Å². The molecule has 0 spiro atoms. The first-order chi connectivity index (χ1) is 18.1. The molecule has 2 aromatic carbocycles. The molecule has 3 heterocycles. The van der Waals surface area contributed by atoms with Crippen molar-refractivity contribution in [3.05, 3.63) is 41.0 Å². The van der Waals surface area contributed by atoms with Crippen molar-refractivity contribution in [1.82, 2.24) is 10.2 Å². The molecule has 0 saturated carbocycles. The summed E-state index contributed by atoms with van der Waals surface area (Å²) in [7, 11) is 2.98. The minimum Gasteiger partial charge on any atom is -0.502 e. The summed E-state index contributed by atoms with van der Waals surface area (Å²) >= 11 is 0. The van der Waals surface area contributed by atoms with Gasteiger partial charge in [-0.1, -0.05) is 0 Å². The quantitative estimate of drug-likeness (QED) is 0.535. The molecule has 6 rings (SSSR count). The highest BCUT2D eigenvalue weighted by molar-refractivity contribution is 5.79. The van der Waals surface area contributed by atoms with Gasteiger partial charge < -0.3 is 38.8 Å². The summed E-state index contributed by atoms with van der Waals surface area (Å²) in [5.74, 6) is 0.753. The number of esters is 1. The first kappa shape index (κ1) is 24.1. The number of carbonyl (C=O) groups is 1. The summed E-state index contributed by atoms with van der Waals surface area (Å²) in [6, 6.07) is 7.45. The van der Waals surface area contributed by atoms with E-state index in [2.05, 4.69) is 10.2 Å². The number of morpholine rings is 1. The maximum Gasteiger partial charge on any atom is 0.310 e. The van der Waals surface area contributed by atoms with Gasteiger partial charge in [-0.05, 0) is 41.0 Å². The van der Waals surface area contributed by atoms with Crippen LogP contribution in [0.5, 0.6) is 28.7 Å². The number of nitrogens with one attached hydrogen (secondary N) is 1. The number of methoxy groups -OCH3 is 2. The third-order valence-corrected chi connectivity index (χ3v) is 7.94. The molecule has 1 aliphatic carbocycles. The molecule has 2 N–H and O–H groups in total. The van der Waals surface area contributed by atoms with Crippen LogP contribution in [0, 0.1) is 11.8 Å². The third-order valence-electron chi connectivity index (χ3n) is 7.94. The lowest BCUT2D eigenvalue weighted by atomic mass is 9.65.